The van der Waals surface area contributed by atoms with Crippen LogP contribution in [0.15, 0.2) is 48.6 Å². The largest absolute Gasteiger partial charge is 1.00 e. The molecule has 0 saturated carbocycles. The molecule has 8 nitrogen and oxygen atoms in total. The van der Waals surface area contributed by atoms with Crippen LogP contribution in [0.1, 0.15) is 103 Å². The summed E-state index contributed by atoms with van der Waals surface area (Å²) in [6, 6.07) is 0. The van der Waals surface area contributed by atoms with Crippen LogP contribution in [0, 0.1) is 6.92 Å². The van der Waals surface area contributed by atoms with Crippen molar-refractivity contribution in [2.75, 3.05) is 39.4 Å². The summed E-state index contributed by atoms with van der Waals surface area (Å²) >= 11 is 3.22. The number of Topliss-reactive ketones (excluding diaryl/α,β-unsaturated/α-hetero) is 1. The number of hydrogen-bond acceptors (Lipinski definition) is 8. The van der Waals surface area contributed by atoms with Crippen LogP contribution in [-0.4, -0.2) is 78.8 Å². The van der Waals surface area contributed by atoms with Gasteiger partial charge < -0.3 is 41.3 Å². The normalized spacial score (nSPS) is 8.11. The Morgan fingerprint density at radius 3 is 1.30 bits per heavy atom. The molecule has 0 aromatic carbocycles. The second-order valence-corrected chi connectivity index (χ2v) is 7.49. The minimum Gasteiger partial charge on any atom is -0.463 e. The number of methoxy groups -OCH3 is 1. The van der Waals surface area contributed by atoms with Gasteiger partial charge in [0.1, 0.15) is 12.1 Å². The Morgan fingerprint density at radius 2 is 1.20 bits per heavy atom. The molecule has 10 heteroatoms. The molecule has 44 heavy (non-hydrogen) atoms. The van der Waals surface area contributed by atoms with E-state index in [-0.39, 0.29) is 43.3 Å². The van der Waals surface area contributed by atoms with Gasteiger partial charge in [-0.25, -0.2) is 4.79 Å². The molecule has 0 amide bonds. The van der Waals surface area contributed by atoms with Crippen molar-refractivity contribution in [1.82, 2.24) is 0 Å². The van der Waals surface area contributed by atoms with Crippen molar-refractivity contribution >= 4 is 34.0 Å². The van der Waals surface area contributed by atoms with Gasteiger partial charge in [0.2, 0.25) is 0 Å². The molecule has 0 spiro atoms. The summed E-state index contributed by atoms with van der Waals surface area (Å²) in [7, 11) is 2.68. The van der Waals surface area contributed by atoms with E-state index < -0.39 is 0 Å². The third-order valence-electron chi connectivity index (χ3n) is 2.11. The maximum atomic E-state index is 10.3. The summed E-state index contributed by atoms with van der Waals surface area (Å²) in [5.74, 6) is -0.102. The number of allylic oxidation sites excluding steroid dienone is 5. The number of alkyl halides is 1. The van der Waals surface area contributed by atoms with E-state index in [0.717, 1.165) is 31.8 Å². The van der Waals surface area contributed by atoms with Gasteiger partial charge in [-0.1, -0.05) is 85.7 Å². The average molecular weight is 696 g/mol. The number of ketones is 1. The number of carbonyl (C=O) groups excluding carboxylic acids is 3. The van der Waals surface area contributed by atoms with Crippen molar-refractivity contribution < 1.29 is 58.0 Å². The van der Waals surface area contributed by atoms with Crippen molar-refractivity contribution in [3.63, 3.8) is 0 Å². The number of aldehydes is 1. The molecule has 0 radical (unpaired) electrons. The minimum absolute atomic E-state index is 0. The van der Waals surface area contributed by atoms with Gasteiger partial charge in [-0.15, -0.1) is 0 Å². The van der Waals surface area contributed by atoms with E-state index in [0.29, 0.717) is 6.61 Å². The molecule has 0 heterocycles. The number of rotatable bonds is 7. The van der Waals surface area contributed by atoms with Gasteiger partial charge in [0.25, 0.3) is 0 Å². The Labute approximate surface area is 294 Å². The first kappa shape index (κ1) is 73.9. The molecule has 0 saturated heterocycles. The number of halogens is 1. The number of ether oxygens (including phenoxy) is 2. The Bertz CT molecular complexity index is 503. The summed E-state index contributed by atoms with van der Waals surface area (Å²) < 4.78 is 9.25. The van der Waals surface area contributed by atoms with Crippen LogP contribution in [0.3, 0.4) is 0 Å². The Morgan fingerprint density at radius 1 is 0.886 bits per heavy atom. The van der Waals surface area contributed by atoms with Crippen LogP contribution >= 0.6 is 15.9 Å². The van der Waals surface area contributed by atoms with Gasteiger partial charge in [0.05, 0.1) is 19.8 Å². The molecular weight excluding hydrogens is 623 g/mol. The van der Waals surface area contributed by atoms with Crippen molar-refractivity contribution in [3.8, 4) is 0 Å². The van der Waals surface area contributed by atoms with Gasteiger partial charge >= 0.3 is 24.8 Å². The summed E-state index contributed by atoms with van der Waals surface area (Å²) in [5.41, 5.74) is 0. The number of carbonyl (C=O) groups is 3. The first-order valence-corrected chi connectivity index (χ1v) is 15.5. The number of unbranched alkanes of at least 4 members (excludes halogenated alkanes) is 1. The SMILES string of the molecule is C/C=C/C(=O)OCC.C/C=C/CBr.C/C=C/CO.C/C=C/COC.CC.CC(C)=O.CC(C)O.CC=O.CO.[CH2-]CCC.[Li+]. The number of aliphatic hydroxyl groups is 3. The van der Waals surface area contributed by atoms with E-state index >= 15 is 0 Å². The van der Waals surface area contributed by atoms with E-state index in [1.165, 1.54) is 33.3 Å². The second-order valence-electron chi connectivity index (χ2n) is 6.84. The molecule has 0 unspecified atom stereocenters. The molecule has 0 aliphatic heterocycles. The molecule has 264 valence electrons. The zero-order valence-electron chi connectivity index (χ0n) is 31.5. The van der Waals surface area contributed by atoms with Gasteiger partial charge in [-0.2, -0.15) is 6.42 Å². The first-order chi connectivity index (χ1) is 20.3. The minimum atomic E-state index is -0.269. The topological polar surface area (TPSA) is 130 Å². The molecule has 0 atom stereocenters. The molecule has 0 aromatic heterocycles. The van der Waals surface area contributed by atoms with Crippen LogP contribution in [-0.2, 0) is 23.9 Å². The van der Waals surface area contributed by atoms with Crippen LogP contribution in [0.2, 0.25) is 0 Å². The van der Waals surface area contributed by atoms with Gasteiger partial charge in [0, 0.05) is 31.7 Å². The molecule has 0 bridgehead atoms. The Hall–Kier alpha value is -1.31. The van der Waals surface area contributed by atoms with E-state index in [2.05, 4.69) is 34.5 Å². The standard InChI is InChI=1S/C6H10O2.C5H10O.C4H7Br.C4H8O.C4H9.C3H8O.C3H6O.C2H4O.C2H6.CH4O.Li/c1-3-5-6(7)8-4-2;1-3-4-5-6-2;2*1-2-3-4-5;1-3-4-2;2*1-3(2)4;1-2-3;2*1-2;/h3,5H,4H2,1-2H3;3-4H,5H2,1-2H3;2-3H,4H2,1H3;2-3,5H,4H2,1H3;1,3-4H2,2H3;3-4H,1-2H3;1-2H3;2H,1H3;1-2H3;2H,1H3;/q;;;;-1;;;;;;+1/b5-3+;4-3+;2*3-2+;;;;;;;. The third kappa shape index (κ3) is 398. The van der Waals surface area contributed by atoms with Crippen LogP contribution < -0.4 is 18.9 Å². The molecule has 0 rings (SSSR count). The third-order valence-corrected chi connectivity index (χ3v) is 2.48. The van der Waals surface area contributed by atoms with Gasteiger partial charge in [0.15, 0.2) is 0 Å². The first-order valence-electron chi connectivity index (χ1n) is 14.4. The quantitative estimate of drug-likeness (QED) is 0.0623. The fourth-order valence-corrected chi connectivity index (χ4v) is 1.09. The molecule has 3 N–H and O–H groups in total. The molecule has 0 aliphatic carbocycles. The molecule has 0 aliphatic rings. The number of esters is 1. The monoisotopic (exact) mass is 694 g/mol. The summed E-state index contributed by atoms with van der Waals surface area (Å²) in [6.45, 7) is 28.4. The van der Waals surface area contributed by atoms with Crippen molar-refractivity contribution in [2.24, 2.45) is 0 Å². The maximum Gasteiger partial charge on any atom is 1.00 e. The fourth-order valence-electron chi connectivity index (χ4n) is 0.713. The van der Waals surface area contributed by atoms with Gasteiger partial charge in [-0.3, -0.25) is 0 Å². The van der Waals surface area contributed by atoms with Crippen molar-refractivity contribution in [2.45, 2.75) is 109 Å². The summed E-state index contributed by atoms with van der Waals surface area (Å²) in [6.07, 6.45) is 17.4. The van der Waals surface area contributed by atoms with Crippen molar-refractivity contribution in [1.29, 1.82) is 0 Å². The fraction of sp³-hybridized carbons (Fsp3) is 0.647. The van der Waals surface area contributed by atoms with Crippen molar-refractivity contribution in [3.05, 3.63) is 55.5 Å². The Balaban J connectivity index is -0.0000000313. The summed E-state index contributed by atoms with van der Waals surface area (Å²) in [4.78, 5) is 28.6. The molecular formula is C34H72BrLiO8. The van der Waals surface area contributed by atoms with Crippen LogP contribution in [0.5, 0.6) is 0 Å². The second kappa shape index (κ2) is 113. The Kier molecular flexibility index (Phi) is 190. The van der Waals surface area contributed by atoms with Crippen LogP contribution in [0.4, 0.5) is 0 Å². The smallest absolute Gasteiger partial charge is 0.463 e. The molecule has 0 aromatic rings. The number of aliphatic hydroxyl groups excluding tert-OH is 3. The van der Waals surface area contributed by atoms with E-state index in [1.54, 1.807) is 53.0 Å². The zero-order valence-corrected chi connectivity index (χ0v) is 33.1. The van der Waals surface area contributed by atoms with E-state index in [4.69, 9.17) is 24.9 Å². The molecule has 0 fully saturated rings. The number of hydrogen-bond donors (Lipinski definition) is 3. The maximum absolute atomic E-state index is 10.3. The predicted octanol–water partition coefficient (Wildman–Crippen LogP) is 5.29. The van der Waals surface area contributed by atoms with E-state index in [9.17, 15) is 9.59 Å². The van der Waals surface area contributed by atoms with Gasteiger partial charge in [-0.05, 0) is 69.2 Å². The van der Waals surface area contributed by atoms with Crippen LogP contribution in [0.25, 0.3) is 0 Å². The summed E-state index contributed by atoms with van der Waals surface area (Å²) in [5, 5.41) is 24.0. The average Bonchev–Trinajstić information content (AvgIpc) is 2.96. The van der Waals surface area contributed by atoms with E-state index in [1.807, 2.05) is 58.9 Å². The zero-order chi connectivity index (χ0) is 36.8. The predicted molar refractivity (Wildman–Crippen MR) is 194 cm³/mol.